The largest absolute Gasteiger partial charge is 0.361 e. The van der Waals surface area contributed by atoms with Crippen molar-refractivity contribution >= 4 is 5.57 Å². The summed E-state index contributed by atoms with van der Waals surface area (Å²) in [5.74, 6) is 0.421. The first-order valence-electron chi connectivity index (χ1n) is 21.8. The maximum absolute atomic E-state index is 2.89. The molecule has 0 radical (unpaired) electrons. The van der Waals surface area contributed by atoms with Gasteiger partial charge in [-0.05, 0) is 111 Å². The lowest BCUT2D eigenvalue weighted by molar-refractivity contribution is 0.212. The van der Waals surface area contributed by atoms with E-state index in [1.165, 1.54) is 72.5 Å². The van der Waals surface area contributed by atoms with E-state index in [1.807, 2.05) is 0 Å². The van der Waals surface area contributed by atoms with E-state index >= 15 is 0 Å². The van der Waals surface area contributed by atoms with Crippen molar-refractivity contribution in [3.63, 3.8) is 0 Å². The average Bonchev–Trinajstić information content (AvgIpc) is 3.74. The molecule has 11 rings (SSSR count). The van der Waals surface area contributed by atoms with E-state index in [-0.39, 0.29) is 22.9 Å². The predicted octanol–water partition coefficient (Wildman–Crippen LogP) is 13.9. The highest BCUT2D eigenvalue weighted by Gasteiger charge is 2.49. The van der Waals surface area contributed by atoms with Gasteiger partial charge in [0.25, 0.3) is 0 Å². The molecular formula is C58H51N. The Hall–Kier alpha value is -6.18. The van der Waals surface area contributed by atoms with Crippen molar-refractivity contribution in [1.29, 1.82) is 0 Å². The van der Waals surface area contributed by atoms with Crippen molar-refractivity contribution < 1.29 is 0 Å². The zero-order valence-electron chi connectivity index (χ0n) is 34.2. The number of allylic oxidation sites excluding steroid dienone is 12. The molecule has 0 fully saturated rings. The first kappa shape index (κ1) is 35.9. The summed E-state index contributed by atoms with van der Waals surface area (Å²) < 4.78 is 0. The van der Waals surface area contributed by atoms with Crippen LogP contribution in [0, 0.1) is 0 Å². The summed E-state index contributed by atoms with van der Waals surface area (Å²) in [5.41, 5.74) is 19.5. The van der Waals surface area contributed by atoms with Gasteiger partial charge in [0.2, 0.25) is 0 Å². The van der Waals surface area contributed by atoms with E-state index in [0.717, 1.165) is 32.1 Å². The molecule has 0 saturated heterocycles. The molecule has 1 heteroatoms. The summed E-state index contributed by atoms with van der Waals surface area (Å²) in [6, 6.07) is 50.3. The van der Waals surface area contributed by atoms with Gasteiger partial charge in [0.1, 0.15) is 0 Å². The van der Waals surface area contributed by atoms with E-state index in [4.69, 9.17) is 0 Å². The van der Waals surface area contributed by atoms with E-state index in [0.29, 0.717) is 5.92 Å². The predicted molar refractivity (Wildman–Crippen MR) is 246 cm³/mol. The quantitative estimate of drug-likeness (QED) is 0.160. The molecule has 5 aromatic carbocycles. The minimum absolute atomic E-state index is 0.0762. The van der Waals surface area contributed by atoms with Crippen LogP contribution in [0.4, 0.5) is 0 Å². The summed E-state index contributed by atoms with van der Waals surface area (Å²) in [6.07, 6.45) is 29.3. The Morgan fingerprint density at radius 2 is 1.20 bits per heavy atom. The normalized spacial score (nSPS) is 23.0. The number of hydrogen-bond donors (Lipinski definition) is 0. The number of fused-ring (bicyclic) bond motifs is 5. The molecular weight excluding hydrogens is 711 g/mol. The second-order valence-corrected chi connectivity index (χ2v) is 17.8. The molecule has 0 saturated carbocycles. The maximum Gasteiger partial charge on any atom is 0.0677 e. The van der Waals surface area contributed by atoms with Crippen molar-refractivity contribution in [3.05, 3.63) is 256 Å². The van der Waals surface area contributed by atoms with Crippen LogP contribution in [0.15, 0.2) is 222 Å². The summed E-state index contributed by atoms with van der Waals surface area (Å²) in [5, 5.41) is 0. The number of rotatable bonds is 7. The summed E-state index contributed by atoms with van der Waals surface area (Å²) in [6.45, 7) is 4.94. The molecule has 0 aromatic heterocycles. The van der Waals surface area contributed by atoms with Crippen molar-refractivity contribution in [2.24, 2.45) is 0 Å². The molecule has 0 spiro atoms. The van der Waals surface area contributed by atoms with Gasteiger partial charge in [-0.15, -0.1) is 0 Å². The van der Waals surface area contributed by atoms with Crippen LogP contribution in [-0.4, -0.2) is 17.0 Å². The van der Waals surface area contributed by atoms with Gasteiger partial charge >= 0.3 is 0 Å². The number of nitrogens with zero attached hydrogens (tertiary/aromatic N) is 1. The smallest absolute Gasteiger partial charge is 0.0677 e. The molecule has 288 valence electrons. The van der Waals surface area contributed by atoms with Crippen molar-refractivity contribution in [2.75, 3.05) is 0 Å². The molecule has 0 bridgehead atoms. The van der Waals surface area contributed by atoms with Gasteiger partial charge in [-0.2, -0.15) is 0 Å². The van der Waals surface area contributed by atoms with Crippen molar-refractivity contribution in [1.82, 2.24) is 4.90 Å². The minimum Gasteiger partial charge on any atom is -0.361 e. The van der Waals surface area contributed by atoms with Gasteiger partial charge in [0.05, 0.1) is 17.5 Å². The summed E-state index contributed by atoms with van der Waals surface area (Å²) in [4.78, 5) is 2.89. The van der Waals surface area contributed by atoms with Crippen LogP contribution < -0.4 is 0 Å². The highest BCUT2D eigenvalue weighted by Crippen LogP contribution is 2.58. The Morgan fingerprint density at radius 3 is 1.92 bits per heavy atom. The molecule has 0 aliphatic heterocycles. The van der Waals surface area contributed by atoms with Crippen molar-refractivity contribution in [3.8, 4) is 11.1 Å². The second kappa shape index (κ2) is 14.3. The topological polar surface area (TPSA) is 3.24 Å². The molecule has 59 heavy (non-hydrogen) atoms. The van der Waals surface area contributed by atoms with Crippen LogP contribution in [-0.2, 0) is 10.8 Å². The Balaban J connectivity index is 1.02. The van der Waals surface area contributed by atoms with E-state index in [1.54, 1.807) is 5.57 Å². The fourth-order valence-corrected chi connectivity index (χ4v) is 11.8. The monoisotopic (exact) mass is 761 g/mol. The van der Waals surface area contributed by atoms with Gasteiger partial charge in [0.15, 0.2) is 0 Å². The SMILES string of the molecule is CC1(C)C2=C(C=CCC2N(C2=CC=C(C3=CC=CC(c4ccccc4)C3)CC2)C2C=CC=C(C3(c4ccccc4)c4ccccc4-c4ccccc43)C2)c2ccccc21. The molecule has 5 aromatic rings. The van der Waals surface area contributed by atoms with Gasteiger partial charge in [-0.1, -0.05) is 202 Å². The third-order valence-electron chi connectivity index (χ3n) is 14.4. The molecule has 3 atom stereocenters. The molecule has 6 aliphatic rings. The Morgan fingerprint density at radius 1 is 0.559 bits per heavy atom. The highest BCUT2D eigenvalue weighted by molar-refractivity contribution is 5.88. The zero-order valence-corrected chi connectivity index (χ0v) is 34.2. The molecule has 6 aliphatic carbocycles. The van der Waals surface area contributed by atoms with Crippen LogP contribution >= 0.6 is 0 Å². The Labute approximate surface area is 350 Å². The number of hydrogen-bond acceptors (Lipinski definition) is 1. The second-order valence-electron chi connectivity index (χ2n) is 17.8. The van der Waals surface area contributed by atoms with E-state index < -0.39 is 0 Å². The lowest BCUT2D eigenvalue weighted by Gasteiger charge is -2.48. The molecule has 1 nitrogen and oxygen atoms in total. The first-order chi connectivity index (χ1) is 29.0. The third kappa shape index (κ3) is 5.65. The standard InChI is InChI=1S/C58H51N/c1-57(2)52-30-12-9-28-50(52)51-29-17-33-55(56(51)57)59(46-36-34-41(35-37-46)43-21-15-20-42(38-43)40-18-5-3-6-19-40)47-25-16-24-45(39-47)58(44-22-7-4-8-23-44)53-31-13-10-26-48(53)49-27-11-14-32-54(49)58/h3-32,34,36,42,47,55H,33,35,37-39H2,1-2H3. The van der Waals surface area contributed by atoms with Crippen LogP contribution in [0.5, 0.6) is 0 Å². The number of benzene rings is 5. The van der Waals surface area contributed by atoms with E-state index in [9.17, 15) is 0 Å². The Bertz CT molecular complexity index is 2680. The lowest BCUT2D eigenvalue weighted by atomic mass is 9.64. The molecule has 0 N–H and O–H groups in total. The highest BCUT2D eigenvalue weighted by atomic mass is 15.2. The van der Waals surface area contributed by atoms with Gasteiger partial charge in [-0.25, -0.2) is 0 Å². The van der Waals surface area contributed by atoms with Gasteiger partial charge < -0.3 is 4.90 Å². The summed E-state index contributed by atoms with van der Waals surface area (Å²) >= 11 is 0. The Kier molecular flexibility index (Phi) is 8.70. The average molecular weight is 762 g/mol. The summed E-state index contributed by atoms with van der Waals surface area (Å²) in [7, 11) is 0. The minimum atomic E-state index is -0.382. The molecule has 3 unspecified atom stereocenters. The molecule has 0 amide bonds. The van der Waals surface area contributed by atoms with Crippen LogP contribution in [0.3, 0.4) is 0 Å². The molecule has 0 heterocycles. The lowest BCUT2D eigenvalue weighted by Crippen LogP contribution is -2.47. The zero-order chi connectivity index (χ0) is 39.6. The van der Waals surface area contributed by atoms with Crippen LogP contribution in [0.1, 0.15) is 85.3 Å². The first-order valence-corrected chi connectivity index (χ1v) is 21.8. The third-order valence-corrected chi connectivity index (χ3v) is 14.4. The fraction of sp³-hybridized carbons (Fsp3) is 0.207. The van der Waals surface area contributed by atoms with E-state index in [2.05, 4.69) is 213 Å². The van der Waals surface area contributed by atoms with Gasteiger partial charge in [-0.3, -0.25) is 0 Å². The van der Waals surface area contributed by atoms with Crippen LogP contribution in [0.2, 0.25) is 0 Å². The van der Waals surface area contributed by atoms with Crippen LogP contribution in [0.25, 0.3) is 16.7 Å². The fourth-order valence-electron chi connectivity index (χ4n) is 11.8. The van der Waals surface area contributed by atoms with Crippen molar-refractivity contribution in [2.45, 2.75) is 74.8 Å². The maximum atomic E-state index is 2.89. The van der Waals surface area contributed by atoms with Gasteiger partial charge in [0, 0.05) is 17.0 Å².